The van der Waals surface area contributed by atoms with E-state index in [1.54, 1.807) is 6.20 Å². The SMILES string of the molecule is CN(CCCNCc1cncc(F)c1)c1ccccc1. The number of aromatic nitrogens is 1. The molecule has 0 aliphatic carbocycles. The highest BCUT2D eigenvalue weighted by Crippen LogP contribution is 2.10. The molecule has 0 unspecified atom stereocenters. The molecule has 2 rings (SSSR count). The van der Waals surface area contributed by atoms with Crippen molar-refractivity contribution in [3.05, 3.63) is 60.2 Å². The number of nitrogens with one attached hydrogen (secondary N) is 1. The van der Waals surface area contributed by atoms with Crippen LogP contribution in [0, 0.1) is 5.82 Å². The molecule has 20 heavy (non-hydrogen) atoms. The number of rotatable bonds is 7. The quantitative estimate of drug-likeness (QED) is 0.786. The smallest absolute Gasteiger partial charge is 0.141 e. The fourth-order valence-corrected chi connectivity index (χ4v) is 2.04. The number of hydrogen-bond acceptors (Lipinski definition) is 3. The Balaban J connectivity index is 1.64. The normalized spacial score (nSPS) is 10.5. The van der Waals surface area contributed by atoms with Crippen LogP contribution in [0.2, 0.25) is 0 Å². The molecule has 0 amide bonds. The molecule has 0 bridgehead atoms. The van der Waals surface area contributed by atoms with E-state index < -0.39 is 0 Å². The Morgan fingerprint density at radius 2 is 2.00 bits per heavy atom. The van der Waals surface area contributed by atoms with Crippen molar-refractivity contribution in [1.29, 1.82) is 0 Å². The molecule has 1 aromatic carbocycles. The summed E-state index contributed by atoms with van der Waals surface area (Å²) in [5.74, 6) is -0.284. The van der Waals surface area contributed by atoms with Crippen LogP contribution >= 0.6 is 0 Å². The Bertz CT molecular complexity index is 516. The van der Waals surface area contributed by atoms with Crippen molar-refractivity contribution in [2.75, 3.05) is 25.0 Å². The first-order valence-electron chi connectivity index (χ1n) is 6.82. The van der Waals surface area contributed by atoms with E-state index in [9.17, 15) is 4.39 Å². The summed E-state index contributed by atoms with van der Waals surface area (Å²) in [6.45, 7) is 2.53. The van der Waals surface area contributed by atoms with E-state index in [0.29, 0.717) is 6.54 Å². The van der Waals surface area contributed by atoms with Crippen LogP contribution in [0.3, 0.4) is 0 Å². The number of para-hydroxylation sites is 1. The van der Waals surface area contributed by atoms with Crippen molar-refractivity contribution in [1.82, 2.24) is 10.3 Å². The van der Waals surface area contributed by atoms with Crippen LogP contribution in [0.4, 0.5) is 10.1 Å². The summed E-state index contributed by atoms with van der Waals surface area (Å²) >= 11 is 0. The minimum absolute atomic E-state index is 0.284. The molecule has 0 aliphatic rings. The van der Waals surface area contributed by atoms with Gasteiger partial charge in [0.1, 0.15) is 5.82 Å². The molecule has 1 heterocycles. The summed E-state index contributed by atoms with van der Waals surface area (Å²) < 4.78 is 12.9. The lowest BCUT2D eigenvalue weighted by Crippen LogP contribution is -2.23. The summed E-state index contributed by atoms with van der Waals surface area (Å²) in [7, 11) is 2.09. The maximum atomic E-state index is 12.9. The lowest BCUT2D eigenvalue weighted by Gasteiger charge is -2.19. The van der Waals surface area contributed by atoms with Crippen LogP contribution < -0.4 is 10.2 Å². The van der Waals surface area contributed by atoms with Gasteiger partial charge in [-0.3, -0.25) is 4.98 Å². The van der Waals surface area contributed by atoms with Crippen LogP contribution in [-0.2, 0) is 6.54 Å². The van der Waals surface area contributed by atoms with Crippen molar-refractivity contribution in [3.63, 3.8) is 0 Å². The number of anilines is 1. The third kappa shape index (κ3) is 4.63. The van der Waals surface area contributed by atoms with Crippen molar-refractivity contribution >= 4 is 5.69 Å². The monoisotopic (exact) mass is 273 g/mol. The molecule has 0 saturated carbocycles. The maximum absolute atomic E-state index is 12.9. The molecule has 0 spiro atoms. The van der Waals surface area contributed by atoms with Crippen LogP contribution in [-0.4, -0.2) is 25.1 Å². The summed E-state index contributed by atoms with van der Waals surface area (Å²) in [4.78, 5) is 6.06. The van der Waals surface area contributed by atoms with E-state index in [1.165, 1.54) is 18.0 Å². The molecule has 1 aromatic heterocycles. The van der Waals surface area contributed by atoms with Gasteiger partial charge in [0.25, 0.3) is 0 Å². The highest BCUT2D eigenvalue weighted by molar-refractivity contribution is 5.44. The standard InChI is InChI=1S/C16H20FN3/c1-20(16-6-3-2-4-7-16)9-5-8-18-11-14-10-15(17)13-19-12-14/h2-4,6-7,10,12-13,18H,5,8-9,11H2,1H3. The van der Waals surface area contributed by atoms with Crippen molar-refractivity contribution in [2.45, 2.75) is 13.0 Å². The second-order valence-corrected chi connectivity index (χ2v) is 4.80. The molecule has 106 valence electrons. The molecule has 1 N–H and O–H groups in total. The van der Waals surface area contributed by atoms with Crippen molar-refractivity contribution < 1.29 is 4.39 Å². The van der Waals surface area contributed by atoms with Gasteiger partial charge in [-0.05, 0) is 36.7 Å². The van der Waals surface area contributed by atoms with E-state index in [4.69, 9.17) is 0 Å². The first-order chi connectivity index (χ1) is 9.75. The van der Waals surface area contributed by atoms with Gasteiger partial charge >= 0.3 is 0 Å². The fourth-order valence-electron chi connectivity index (χ4n) is 2.04. The van der Waals surface area contributed by atoms with Gasteiger partial charge in [0.2, 0.25) is 0 Å². The number of benzene rings is 1. The zero-order valence-electron chi connectivity index (χ0n) is 11.7. The summed E-state index contributed by atoms with van der Waals surface area (Å²) in [5, 5.41) is 3.30. The van der Waals surface area contributed by atoms with Gasteiger partial charge in [-0.25, -0.2) is 4.39 Å². The minimum Gasteiger partial charge on any atom is -0.375 e. The van der Waals surface area contributed by atoms with Gasteiger partial charge in [-0.15, -0.1) is 0 Å². The highest BCUT2D eigenvalue weighted by Gasteiger charge is 1.99. The van der Waals surface area contributed by atoms with Crippen molar-refractivity contribution in [3.8, 4) is 0 Å². The fraction of sp³-hybridized carbons (Fsp3) is 0.312. The lowest BCUT2D eigenvalue weighted by molar-refractivity contribution is 0.608. The van der Waals surface area contributed by atoms with E-state index >= 15 is 0 Å². The minimum atomic E-state index is -0.284. The highest BCUT2D eigenvalue weighted by atomic mass is 19.1. The van der Waals surface area contributed by atoms with E-state index in [2.05, 4.69) is 34.4 Å². The zero-order valence-corrected chi connectivity index (χ0v) is 11.7. The van der Waals surface area contributed by atoms with Crippen LogP contribution in [0.1, 0.15) is 12.0 Å². The molecule has 0 atom stereocenters. The van der Waals surface area contributed by atoms with E-state index in [0.717, 1.165) is 25.1 Å². The first kappa shape index (κ1) is 14.5. The Labute approximate surface area is 119 Å². The Morgan fingerprint density at radius 1 is 1.20 bits per heavy atom. The Kier molecular flexibility index (Phi) is 5.50. The van der Waals surface area contributed by atoms with Crippen molar-refractivity contribution in [2.24, 2.45) is 0 Å². The molecule has 0 saturated heterocycles. The summed E-state index contributed by atoms with van der Waals surface area (Å²) in [5.41, 5.74) is 2.10. The van der Waals surface area contributed by atoms with Gasteiger partial charge in [0, 0.05) is 32.0 Å². The van der Waals surface area contributed by atoms with Gasteiger partial charge in [0.15, 0.2) is 0 Å². The number of hydrogen-bond donors (Lipinski definition) is 1. The molecule has 0 fully saturated rings. The second kappa shape index (κ2) is 7.60. The lowest BCUT2D eigenvalue weighted by atomic mass is 10.2. The molecule has 4 heteroatoms. The number of nitrogens with zero attached hydrogens (tertiary/aromatic N) is 2. The van der Waals surface area contributed by atoms with Gasteiger partial charge < -0.3 is 10.2 Å². The zero-order chi connectivity index (χ0) is 14.2. The number of halogens is 1. The van der Waals surface area contributed by atoms with Gasteiger partial charge in [-0.1, -0.05) is 18.2 Å². The maximum Gasteiger partial charge on any atom is 0.141 e. The molecular formula is C16H20FN3. The molecule has 0 radical (unpaired) electrons. The second-order valence-electron chi connectivity index (χ2n) is 4.80. The first-order valence-corrected chi connectivity index (χ1v) is 6.82. The van der Waals surface area contributed by atoms with Crippen LogP contribution in [0.15, 0.2) is 48.8 Å². The van der Waals surface area contributed by atoms with Crippen LogP contribution in [0.5, 0.6) is 0 Å². The van der Waals surface area contributed by atoms with E-state index in [-0.39, 0.29) is 5.82 Å². The Hall–Kier alpha value is -1.94. The molecule has 2 aromatic rings. The summed E-state index contributed by atoms with van der Waals surface area (Å²) in [6.07, 6.45) is 3.94. The largest absolute Gasteiger partial charge is 0.375 e. The van der Waals surface area contributed by atoms with E-state index in [1.807, 2.05) is 18.2 Å². The average molecular weight is 273 g/mol. The predicted octanol–water partition coefficient (Wildman–Crippen LogP) is 2.84. The predicted molar refractivity (Wildman–Crippen MR) is 80.2 cm³/mol. The Morgan fingerprint density at radius 3 is 2.75 bits per heavy atom. The average Bonchev–Trinajstić information content (AvgIpc) is 2.48. The van der Waals surface area contributed by atoms with Gasteiger partial charge in [-0.2, -0.15) is 0 Å². The summed E-state index contributed by atoms with van der Waals surface area (Å²) in [6, 6.07) is 11.8. The van der Waals surface area contributed by atoms with Gasteiger partial charge in [0.05, 0.1) is 6.20 Å². The number of pyridine rings is 1. The van der Waals surface area contributed by atoms with Crippen LogP contribution in [0.25, 0.3) is 0 Å². The third-order valence-electron chi connectivity index (χ3n) is 3.13. The molecule has 3 nitrogen and oxygen atoms in total. The molecular weight excluding hydrogens is 253 g/mol. The topological polar surface area (TPSA) is 28.2 Å². The molecule has 0 aliphatic heterocycles. The third-order valence-corrected chi connectivity index (χ3v) is 3.13.